The molecule has 0 saturated carbocycles. The second kappa shape index (κ2) is 7.22. The van der Waals surface area contributed by atoms with Crippen LogP contribution in [0.4, 0.5) is 0 Å². The first-order valence-electron chi connectivity index (χ1n) is 7.27. The van der Waals surface area contributed by atoms with Gasteiger partial charge in [-0.2, -0.15) is 0 Å². The molecule has 1 heterocycles. The molecule has 21 heavy (non-hydrogen) atoms. The molecule has 1 aliphatic heterocycles. The molecule has 6 heteroatoms. The van der Waals surface area contributed by atoms with E-state index in [0.29, 0.717) is 13.1 Å². The van der Waals surface area contributed by atoms with Gasteiger partial charge in [-0.3, -0.25) is 9.59 Å². The maximum absolute atomic E-state index is 12.7. The largest absolute Gasteiger partial charge is 0.465 e. The summed E-state index contributed by atoms with van der Waals surface area (Å²) in [5.74, 6) is -1.50. The maximum atomic E-state index is 12.7. The molecule has 1 rings (SSSR count). The second-order valence-electron chi connectivity index (χ2n) is 6.34. The van der Waals surface area contributed by atoms with Crippen LogP contribution in [0.15, 0.2) is 0 Å². The molecule has 0 spiro atoms. The minimum atomic E-state index is -0.814. The highest BCUT2D eigenvalue weighted by atomic mass is 16.5. The van der Waals surface area contributed by atoms with Crippen LogP contribution in [0.2, 0.25) is 0 Å². The van der Waals surface area contributed by atoms with Crippen molar-refractivity contribution in [3.8, 4) is 0 Å². The third-order valence-corrected chi connectivity index (χ3v) is 3.77. The molecule has 1 fully saturated rings. The standard InChI is InChI=1S/C15H27NO5/c1-7-21-14(18)12(15(2,3)4)13(17)16-8-10(19-5)11(9-16)20-6/h10-12H,7-9H2,1-6H3. The van der Waals surface area contributed by atoms with Crippen molar-refractivity contribution in [2.24, 2.45) is 11.3 Å². The van der Waals surface area contributed by atoms with E-state index in [2.05, 4.69) is 0 Å². The molecule has 1 saturated heterocycles. The first-order chi connectivity index (χ1) is 9.76. The summed E-state index contributed by atoms with van der Waals surface area (Å²) < 4.78 is 15.7. The van der Waals surface area contributed by atoms with Gasteiger partial charge in [0.2, 0.25) is 5.91 Å². The van der Waals surface area contributed by atoms with Crippen molar-refractivity contribution in [3.63, 3.8) is 0 Å². The molecule has 6 nitrogen and oxygen atoms in total. The Kier molecular flexibility index (Phi) is 6.16. The van der Waals surface area contributed by atoms with Gasteiger partial charge in [-0.15, -0.1) is 0 Å². The van der Waals surface area contributed by atoms with E-state index in [1.165, 1.54) is 0 Å². The van der Waals surface area contributed by atoms with Crippen LogP contribution in [0.5, 0.6) is 0 Å². The number of hydrogen-bond acceptors (Lipinski definition) is 5. The molecule has 0 bridgehead atoms. The number of carbonyl (C=O) groups is 2. The summed E-state index contributed by atoms with van der Waals surface area (Å²) in [6, 6.07) is 0. The van der Waals surface area contributed by atoms with Crippen LogP contribution in [0.3, 0.4) is 0 Å². The Morgan fingerprint density at radius 1 is 1.14 bits per heavy atom. The molecule has 3 atom stereocenters. The molecule has 1 aliphatic rings. The monoisotopic (exact) mass is 301 g/mol. The molecule has 1 amide bonds. The van der Waals surface area contributed by atoms with Crippen LogP contribution >= 0.6 is 0 Å². The number of esters is 1. The normalized spacial score (nSPS) is 24.0. The minimum Gasteiger partial charge on any atom is -0.465 e. The smallest absolute Gasteiger partial charge is 0.319 e. The molecule has 0 aliphatic carbocycles. The van der Waals surface area contributed by atoms with Crippen molar-refractivity contribution in [1.82, 2.24) is 4.90 Å². The highest BCUT2D eigenvalue weighted by molar-refractivity contribution is 5.98. The number of amides is 1. The molecule has 3 unspecified atom stereocenters. The minimum absolute atomic E-state index is 0.165. The Bertz CT molecular complexity index is 365. The van der Waals surface area contributed by atoms with Crippen LogP contribution in [-0.4, -0.2) is 62.9 Å². The van der Waals surface area contributed by atoms with Gasteiger partial charge in [0, 0.05) is 27.3 Å². The van der Waals surface area contributed by atoms with E-state index in [9.17, 15) is 9.59 Å². The average Bonchev–Trinajstić information content (AvgIpc) is 2.80. The fraction of sp³-hybridized carbons (Fsp3) is 0.867. The molecule has 0 radical (unpaired) electrons. The number of likely N-dealkylation sites (tertiary alicyclic amines) is 1. The predicted molar refractivity (Wildman–Crippen MR) is 77.8 cm³/mol. The number of nitrogens with zero attached hydrogens (tertiary/aromatic N) is 1. The number of ether oxygens (including phenoxy) is 3. The highest BCUT2D eigenvalue weighted by Crippen LogP contribution is 2.30. The fourth-order valence-electron chi connectivity index (χ4n) is 2.61. The van der Waals surface area contributed by atoms with Crippen molar-refractivity contribution in [2.45, 2.75) is 39.9 Å². The number of methoxy groups -OCH3 is 2. The Morgan fingerprint density at radius 3 is 1.95 bits per heavy atom. The molecule has 0 aromatic heterocycles. The Morgan fingerprint density at radius 2 is 1.62 bits per heavy atom. The van der Waals surface area contributed by atoms with Gasteiger partial charge in [0.05, 0.1) is 6.61 Å². The van der Waals surface area contributed by atoms with Crippen molar-refractivity contribution >= 4 is 11.9 Å². The van der Waals surface area contributed by atoms with Crippen LogP contribution in [0, 0.1) is 11.3 Å². The summed E-state index contributed by atoms with van der Waals surface area (Å²) in [6.07, 6.45) is -0.330. The third kappa shape index (κ3) is 4.17. The zero-order valence-corrected chi connectivity index (χ0v) is 13.8. The topological polar surface area (TPSA) is 65.1 Å². The Hall–Kier alpha value is -1.14. The van der Waals surface area contributed by atoms with Gasteiger partial charge in [-0.25, -0.2) is 0 Å². The van der Waals surface area contributed by atoms with Gasteiger partial charge < -0.3 is 19.1 Å². The summed E-state index contributed by atoms with van der Waals surface area (Å²) in [5, 5.41) is 0. The lowest BCUT2D eigenvalue weighted by molar-refractivity contribution is -0.160. The van der Waals surface area contributed by atoms with Crippen LogP contribution in [0.25, 0.3) is 0 Å². The third-order valence-electron chi connectivity index (χ3n) is 3.77. The van der Waals surface area contributed by atoms with Crippen LogP contribution in [-0.2, 0) is 23.8 Å². The molecular weight excluding hydrogens is 274 g/mol. The number of rotatable bonds is 5. The summed E-state index contributed by atoms with van der Waals surface area (Å²) in [6.45, 7) is 8.46. The fourth-order valence-corrected chi connectivity index (χ4v) is 2.61. The van der Waals surface area contributed by atoms with Crippen molar-refractivity contribution < 1.29 is 23.8 Å². The van der Waals surface area contributed by atoms with E-state index in [-0.39, 0.29) is 24.7 Å². The van der Waals surface area contributed by atoms with Gasteiger partial charge in [0.15, 0.2) is 0 Å². The maximum Gasteiger partial charge on any atom is 0.319 e. The van der Waals surface area contributed by atoms with E-state index >= 15 is 0 Å². The quantitative estimate of drug-likeness (QED) is 0.562. The van der Waals surface area contributed by atoms with E-state index in [1.54, 1.807) is 26.0 Å². The SMILES string of the molecule is CCOC(=O)C(C(=O)N1CC(OC)C(OC)C1)C(C)(C)C. The van der Waals surface area contributed by atoms with Crippen LogP contribution < -0.4 is 0 Å². The second-order valence-corrected chi connectivity index (χ2v) is 6.34. The molecular formula is C15H27NO5. The summed E-state index contributed by atoms with van der Waals surface area (Å²) in [7, 11) is 3.19. The number of hydrogen-bond donors (Lipinski definition) is 0. The van der Waals surface area contributed by atoms with Crippen molar-refractivity contribution in [2.75, 3.05) is 33.9 Å². The van der Waals surface area contributed by atoms with Gasteiger partial charge in [-0.05, 0) is 12.3 Å². The number of carbonyl (C=O) groups excluding carboxylic acids is 2. The highest BCUT2D eigenvalue weighted by Gasteiger charge is 2.45. The van der Waals surface area contributed by atoms with Gasteiger partial charge in [0.25, 0.3) is 0 Å². The van der Waals surface area contributed by atoms with E-state index < -0.39 is 17.3 Å². The first-order valence-corrected chi connectivity index (χ1v) is 7.27. The zero-order chi connectivity index (χ0) is 16.2. The molecule has 122 valence electrons. The summed E-state index contributed by atoms with van der Waals surface area (Å²) in [5.41, 5.74) is -0.503. The Labute approximate surface area is 126 Å². The molecule has 0 aromatic carbocycles. The van der Waals surface area contributed by atoms with Crippen LogP contribution in [0.1, 0.15) is 27.7 Å². The van der Waals surface area contributed by atoms with E-state index in [0.717, 1.165) is 0 Å². The summed E-state index contributed by atoms with van der Waals surface area (Å²) >= 11 is 0. The molecule has 0 N–H and O–H groups in total. The van der Waals surface area contributed by atoms with Crippen molar-refractivity contribution in [1.29, 1.82) is 0 Å². The van der Waals surface area contributed by atoms with E-state index in [1.807, 2.05) is 20.8 Å². The van der Waals surface area contributed by atoms with Gasteiger partial charge in [0.1, 0.15) is 18.1 Å². The molecule has 0 aromatic rings. The van der Waals surface area contributed by atoms with E-state index in [4.69, 9.17) is 14.2 Å². The summed E-state index contributed by atoms with van der Waals surface area (Å²) in [4.78, 5) is 26.5. The van der Waals surface area contributed by atoms with Gasteiger partial charge in [-0.1, -0.05) is 20.8 Å². The van der Waals surface area contributed by atoms with Crippen molar-refractivity contribution in [3.05, 3.63) is 0 Å². The lowest BCUT2D eigenvalue weighted by Gasteiger charge is -2.31. The predicted octanol–water partition coefficient (Wildman–Crippen LogP) is 1.08. The van der Waals surface area contributed by atoms with Gasteiger partial charge >= 0.3 is 5.97 Å². The lowest BCUT2D eigenvalue weighted by Crippen LogP contribution is -2.45. The zero-order valence-electron chi connectivity index (χ0n) is 13.8. The first kappa shape index (κ1) is 17.9. The Balaban J connectivity index is 2.90. The average molecular weight is 301 g/mol. The lowest BCUT2D eigenvalue weighted by atomic mass is 9.80.